The van der Waals surface area contributed by atoms with E-state index in [-0.39, 0.29) is 23.6 Å². The van der Waals surface area contributed by atoms with Gasteiger partial charge in [0.15, 0.2) is 6.61 Å². The third kappa shape index (κ3) is 2.91. The fraction of sp³-hybridized carbons (Fsp3) is 0.118. The lowest BCUT2D eigenvalue weighted by Crippen LogP contribution is -2.28. The Morgan fingerprint density at radius 1 is 1.12 bits per heavy atom. The zero-order valence-electron chi connectivity index (χ0n) is 12.8. The molecule has 1 aliphatic rings. The Hall–Kier alpha value is -3.35. The van der Waals surface area contributed by atoms with Crippen LogP contribution in [0.15, 0.2) is 42.5 Å². The molecule has 0 saturated carbocycles. The molecule has 1 heterocycles. The maximum atomic E-state index is 12.6. The Labute approximate surface area is 137 Å². The minimum Gasteiger partial charge on any atom is -0.482 e. The van der Waals surface area contributed by atoms with Crippen molar-refractivity contribution in [1.82, 2.24) is 0 Å². The molecule has 0 spiro atoms. The van der Waals surface area contributed by atoms with Gasteiger partial charge in [-0.2, -0.15) is 0 Å². The summed E-state index contributed by atoms with van der Waals surface area (Å²) in [6, 6.07) is 11.4. The predicted octanol–water partition coefficient (Wildman–Crippen LogP) is 2.06. The van der Waals surface area contributed by atoms with Crippen LogP contribution < -0.4 is 15.4 Å². The summed E-state index contributed by atoms with van der Waals surface area (Å²) in [7, 11) is 1.27. The van der Waals surface area contributed by atoms with Gasteiger partial charge in [0.05, 0.1) is 29.6 Å². The second-order valence-electron chi connectivity index (χ2n) is 5.01. The van der Waals surface area contributed by atoms with Crippen molar-refractivity contribution in [2.75, 3.05) is 24.4 Å². The fourth-order valence-corrected chi connectivity index (χ4v) is 2.36. The molecular formula is C17H14N2O5. The summed E-state index contributed by atoms with van der Waals surface area (Å²) in [6.45, 7) is -0.0940. The quantitative estimate of drug-likeness (QED) is 0.842. The average Bonchev–Trinajstić information content (AvgIpc) is 2.60. The van der Waals surface area contributed by atoms with Crippen molar-refractivity contribution in [3.05, 3.63) is 53.6 Å². The van der Waals surface area contributed by atoms with Crippen LogP contribution in [0.4, 0.5) is 11.4 Å². The second-order valence-corrected chi connectivity index (χ2v) is 5.01. The van der Waals surface area contributed by atoms with Gasteiger partial charge in [-0.05, 0) is 24.3 Å². The maximum Gasteiger partial charge on any atom is 0.339 e. The van der Waals surface area contributed by atoms with Crippen molar-refractivity contribution in [1.29, 1.82) is 0 Å². The number of methoxy groups -OCH3 is 1. The van der Waals surface area contributed by atoms with Crippen molar-refractivity contribution in [2.24, 2.45) is 0 Å². The van der Waals surface area contributed by atoms with E-state index in [1.54, 1.807) is 42.5 Å². The van der Waals surface area contributed by atoms with E-state index in [0.29, 0.717) is 17.1 Å². The Morgan fingerprint density at radius 2 is 1.88 bits per heavy atom. The number of hydrogen-bond donors (Lipinski definition) is 2. The van der Waals surface area contributed by atoms with E-state index in [1.807, 2.05) is 0 Å². The van der Waals surface area contributed by atoms with Crippen LogP contribution >= 0.6 is 0 Å². The number of rotatable bonds is 3. The third-order valence-corrected chi connectivity index (χ3v) is 3.47. The van der Waals surface area contributed by atoms with Gasteiger partial charge in [-0.1, -0.05) is 18.2 Å². The minimum atomic E-state index is -0.558. The zero-order valence-corrected chi connectivity index (χ0v) is 12.8. The SMILES string of the molecule is COC(=O)c1ccccc1NC(=O)c1cccc2c1NC(=O)CO2. The summed E-state index contributed by atoms with van der Waals surface area (Å²) in [5, 5.41) is 5.29. The zero-order chi connectivity index (χ0) is 17.1. The molecule has 2 amide bonds. The van der Waals surface area contributed by atoms with Crippen LogP contribution in [0.1, 0.15) is 20.7 Å². The maximum absolute atomic E-state index is 12.6. The van der Waals surface area contributed by atoms with Crippen LogP contribution in [0.3, 0.4) is 0 Å². The van der Waals surface area contributed by atoms with Crippen LogP contribution in [-0.4, -0.2) is 31.5 Å². The summed E-state index contributed by atoms with van der Waals surface area (Å²) >= 11 is 0. The van der Waals surface area contributed by atoms with Crippen molar-refractivity contribution in [3.8, 4) is 5.75 Å². The lowest BCUT2D eigenvalue weighted by Gasteiger charge is -2.20. The molecule has 122 valence electrons. The number of fused-ring (bicyclic) bond motifs is 1. The molecule has 1 aliphatic heterocycles. The first kappa shape index (κ1) is 15.5. The molecule has 0 unspecified atom stereocenters. The smallest absolute Gasteiger partial charge is 0.339 e. The minimum absolute atomic E-state index is 0.0940. The van der Waals surface area contributed by atoms with Crippen molar-refractivity contribution in [2.45, 2.75) is 0 Å². The first-order chi connectivity index (χ1) is 11.6. The number of nitrogens with one attached hydrogen (secondary N) is 2. The monoisotopic (exact) mass is 326 g/mol. The lowest BCUT2D eigenvalue weighted by atomic mass is 10.1. The number of esters is 1. The van der Waals surface area contributed by atoms with Crippen molar-refractivity contribution in [3.63, 3.8) is 0 Å². The molecule has 2 aromatic carbocycles. The molecule has 24 heavy (non-hydrogen) atoms. The number of para-hydroxylation sites is 2. The van der Waals surface area contributed by atoms with Gasteiger partial charge in [0.2, 0.25) is 0 Å². The summed E-state index contributed by atoms with van der Waals surface area (Å²) in [5.74, 6) is -0.951. The molecule has 0 fully saturated rings. The molecule has 2 N–H and O–H groups in total. The fourth-order valence-electron chi connectivity index (χ4n) is 2.36. The molecule has 0 radical (unpaired) electrons. The van der Waals surface area contributed by atoms with Crippen LogP contribution in [0.2, 0.25) is 0 Å². The van der Waals surface area contributed by atoms with E-state index in [2.05, 4.69) is 10.6 Å². The predicted molar refractivity (Wildman–Crippen MR) is 86.3 cm³/mol. The summed E-state index contributed by atoms with van der Waals surface area (Å²) < 4.78 is 9.99. The number of ether oxygens (including phenoxy) is 2. The van der Waals surface area contributed by atoms with Gasteiger partial charge in [0, 0.05) is 0 Å². The Balaban J connectivity index is 1.92. The van der Waals surface area contributed by atoms with Crippen molar-refractivity contribution >= 4 is 29.2 Å². The number of benzene rings is 2. The van der Waals surface area contributed by atoms with Gasteiger partial charge in [-0.3, -0.25) is 9.59 Å². The molecule has 0 aliphatic carbocycles. The molecule has 0 bridgehead atoms. The van der Waals surface area contributed by atoms with Crippen LogP contribution in [0.25, 0.3) is 0 Å². The highest BCUT2D eigenvalue weighted by Crippen LogP contribution is 2.31. The van der Waals surface area contributed by atoms with E-state index in [9.17, 15) is 14.4 Å². The van der Waals surface area contributed by atoms with Gasteiger partial charge < -0.3 is 20.1 Å². The standard InChI is InChI=1S/C17H14N2O5/c1-23-17(22)10-5-2-3-7-12(10)18-16(21)11-6-4-8-13-15(11)19-14(20)9-24-13/h2-8H,9H2,1H3,(H,18,21)(H,19,20). The number of carbonyl (C=O) groups excluding carboxylic acids is 3. The highest BCUT2D eigenvalue weighted by atomic mass is 16.5. The Bertz CT molecular complexity index is 831. The van der Waals surface area contributed by atoms with E-state index >= 15 is 0 Å². The van der Waals surface area contributed by atoms with E-state index in [0.717, 1.165) is 0 Å². The van der Waals surface area contributed by atoms with Gasteiger partial charge in [-0.25, -0.2) is 4.79 Å². The summed E-state index contributed by atoms with van der Waals surface area (Å²) in [5.41, 5.74) is 1.09. The molecule has 0 atom stereocenters. The largest absolute Gasteiger partial charge is 0.482 e. The molecular weight excluding hydrogens is 312 g/mol. The van der Waals surface area contributed by atoms with Crippen LogP contribution in [0.5, 0.6) is 5.75 Å². The molecule has 0 aromatic heterocycles. The third-order valence-electron chi connectivity index (χ3n) is 3.47. The molecule has 7 heteroatoms. The normalized spacial score (nSPS) is 12.5. The highest BCUT2D eigenvalue weighted by molar-refractivity contribution is 6.13. The Kier molecular flexibility index (Phi) is 4.15. The molecule has 2 aromatic rings. The molecule has 7 nitrogen and oxygen atoms in total. The van der Waals surface area contributed by atoms with E-state index < -0.39 is 11.9 Å². The first-order valence-electron chi connectivity index (χ1n) is 7.14. The first-order valence-corrected chi connectivity index (χ1v) is 7.14. The summed E-state index contributed by atoms with van der Waals surface area (Å²) in [6.07, 6.45) is 0. The Morgan fingerprint density at radius 3 is 2.67 bits per heavy atom. The number of carbonyl (C=O) groups is 3. The summed E-state index contributed by atoms with van der Waals surface area (Å²) in [4.78, 5) is 35.9. The van der Waals surface area contributed by atoms with Gasteiger partial charge >= 0.3 is 5.97 Å². The lowest BCUT2D eigenvalue weighted by molar-refractivity contribution is -0.118. The van der Waals surface area contributed by atoms with E-state index in [4.69, 9.17) is 9.47 Å². The number of hydrogen-bond acceptors (Lipinski definition) is 5. The average molecular weight is 326 g/mol. The van der Waals surface area contributed by atoms with Crippen molar-refractivity contribution < 1.29 is 23.9 Å². The van der Waals surface area contributed by atoms with Crippen LogP contribution in [0, 0.1) is 0 Å². The highest BCUT2D eigenvalue weighted by Gasteiger charge is 2.23. The second kappa shape index (κ2) is 6.41. The van der Waals surface area contributed by atoms with Crippen LogP contribution in [-0.2, 0) is 9.53 Å². The molecule has 0 saturated heterocycles. The molecule has 3 rings (SSSR count). The number of amides is 2. The number of anilines is 2. The topological polar surface area (TPSA) is 93.7 Å². The van der Waals surface area contributed by atoms with Gasteiger partial charge in [0.1, 0.15) is 5.75 Å². The van der Waals surface area contributed by atoms with Gasteiger partial charge in [0.25, 0.3) is 11.8 Å². The van der Waals surface area contributed by atoms with Gasteiger partial charge in [-0.15, -0.1) is 0 Å². The van der Waals surface area contributed by atoms with E-state index in [1.165, 1.54) is 7.11 Å².